The van der Waals surface area contributed by atoms with Crippen LogP contribution in [0.15, 0.2) is 11.6 Å². The molecule has 23 heavy (non-hydrogen) atoms. The Labute approximate surface area is 133 Å². The molecule has 0 radical (unpaired) electrons. The predicted octanol–water partition coefficient (Wildman–Crippen LogP) is -1.79. The predicted molar refractivity (Wildman–Crippen MR) is 79.8 cm³/mol. The molecule has 2 amide bonds. The molecule has 2 fully saturated rings. The summed E-state index contributed by atoms with van der Waals surface area (Å²) in [7, 11) is -3.96. The second kappa shape index (κ2) is 5.60. The molecule has 9 nitrogen and oxygen atoms in total. The van der Waals surface area contributed by atoms with E-state index in [1.807, 2.05) is 0 Å². The summed E-state index contributed by atoms with van der Waals surface area (Å²) in [4.78, 5) is 36.1. The average Bonchev–Trinajstić information content (AvgIpc) is 2.58. The molecule has 1 unspecified atom stereocenters. The Balaban J connectivity index is 2.31. The monoisotopic (exact) mass is 345 g/mol. The maximum absolute atomic E-state index is 12.5. The van der Waals surface area contributed by atoms with Crippen LogP contribution in [-0.4, -0.2) is 65.5 Å². The zero-order valence-electron chi connectivity index (χ0n) is 12.8. The third kappa shape index (κ3) is 2.41. The maximum atomic E-state index is 12.5. The van der Waals surface area contributed by atoms with Crippen molar-refractivity contribution in [1.29, 1.82) is 0 Å². The topological polar surface area (TPSA) is 147 Å². The van der Waals surface area contributed by atoms with Crippen LogP contribution < -0.4 is 11.1 Å². The molecule has 0 saturated carbocycles. The number of fused-ring (bicyclic) bond motifs is 1. The molecule has 2 rings (SSSR count). The first-order valence-corrected chi connectivity index (χ1v) is 8.60. The number of carboxylic acids is 1. The summed E-state index contributed by atoms with van der Waals surface area (Å²) in [6, 6.07) is -1.47. The van der Waals surface area contributed by atoms with Crippen molar-refractivity contribution < 1.29 is 27.9 Å². The number of hydrogen-bond donors (Lipinski definition) is 3. The molecule has 2 aliphatic rings. The summed E-state index contributed by atoms with van der Waals surface area (Å²) in [5.74, 6) is -2.74. The van der Waals surface area contributed by atoms with Crippen molar-refractivity contribution in [3.05, 3.63) is 11.6 Å². The van der Waals surface area contributed by atoms with E-state index in [-0.39, 0.29) is 5.57 Å². The zero-order chi connectivity index (χ0) is 17.6. The summed E-state index contributed by atoms with van der Waals surface area (Å²) in [6.45, 7) is 3.23. The van der Waals surface area contributed by atoms with Gasteiger partial charge in [0.1, 0.15) is 4.75 Å². The number of nitrogens with two attached hydrogens (primary N) is 1. The van der Waals surface area contributed by atoms with E-state index in [4.69, 9.17) is 5.73 Å². The number of carbonyl (C=O) groups excluding carboxylic acids is 2. The van der Waals surface area contributed by atoms with Crippen LogP contribution in [0, 0.1) is 0 Å². The van der Waals surface area contributed by atoms with Gasteiger partial charge in [0.25, 0.3) is 5.91 Å². The van der Waals surface area contributed by atoms with Gasteiger partial charge in [-0.3, -0.25) is 9.59 Å². The molecule has 2 atom stereocenters. The minimum Gasteiger partial charge on any atom is -0.480 e. The van der Waals surface area contributed by atoms with Crippen LogP contribution in [-0.2, 0) is 24.2 Å². The molecule has 128 valence electrons. The Kier molecular flexibility index (Phi) is 4.24. The molecule has 0 spiro atoms. The molecule has 0 aromatic rings. The third-order valence-electron chi connectivity index (χ3n) is 4.16. The Morgan fingerprint density at radius 1 is 1.43 bits per heavy atom. The Morgan fingerprint density at radius 2 is 2.04 bits per heavy atom. The van der Waals surface area contributed by atoms with E-state index >= 15 is 0 Å². The fourth-order valence-corrected chi connectivity index (χ4v) is 4.97. The summed E-state index contributed by atoms with van der Waals surface area (Å²) >= 11 is 0. The van der Waals surface area contributed by atoms with Gasteiger partial charge in [-0.2, -0.15) is 0 Å². The number of nitrogens with zero attached hydrogens (tertiary/aromatic N) is 1. The third-order valence-corrected chi connectivity index (χ3v) is 6.92. The van der Waals surface area contributed by atoms with Gasteiger partial charge >= 0.3 is 5.97 Å². The Hall–Kier alpha value is -1.94. The van der Waals surface area contributed by atoms with Crippen LogP contribution in [0.2, 0.25) is 0 Å². The van der Waals surface area contributed by atoms with Crippen molar-refractivity contribution in [2.75, 3.05) is 13.1 Å². The number of sulfone groups is 1. The fourth-order valence-electron chi connectivity index (χ4n) is 2.85. The number of carboxylic acid groups (broad SMARTS) is 1. The highest BCUT2D eigenvalue weighted by Crippen LogP contribution is 2.48. The summed E-state index contributed by atoms with van der Waals surface area (Å²) in [5.41, 5.74) is 5.09. The largest absolute Gasteiger partial charge is 0.480 e. The summed E-state index contributed by atoms with van der Waals surface area (Å²) in [6.07, 6.45) is 1.47. The molecule has 2 heterocycles. The highest BCUT2D eigenvalue weighted by molar-refractivity contribution is 7.94. The quantitative estimate of drug-likeness (QED) is 0.303. The van der Waals surface area contributed by atoms with Gasteiger partial charge < -0.3 is 21.1 Å². The maximum Gasteiger partial charge on any atom is 0.328 e. The Bertz CT molecular complexity index is 696. The van der Waals surface area contributed by atoms with Crippen molar-refractivity contribution in [1.82, 2.24) is 10.2 Å². The van der Waals surface area contributed by atoms with E-state index in [0.29, 0.717) is 19.5 Å². The van der Waals surface area contributed by atoms with Crippen LogP contribution in [0.1, 0.15) is 20.3 Å². The first-order chi connectivity index (χ1) is 10.6. The van der Waals surface area contributed by atoms with E-state index in [0.717, 1.165) is 11.0 Å². The van der Waals surface area contributed by atoms with Gasteiger partial charge in [0.15, 0.2) is 21.3 Å². The first kappa shape index (κ1) is 17.4. The van der Waals surface area contributed by atoms with Gasteiger partial charge in [-0.25, -0.2) is 13.2 Å². The normalized spacial score (nSPS) is 29.1. The van der Waals surface area contributed by atoms with E-state index in [1.165, 1.54) is 13.8 Å². The lowest BCUT2D eigenvalue weighted by Crippen LogP contribution is -2.59. The number of β-lactam (4-membered cyclic amide) rings is 1. The highest BCUT2D eigenvalue weighted by Gasteiger charge is 2.70. The molecule has 4 N–H and O–H groups in total. The number of hydrogen-bond acceptors (Lipinski definition) is 6. The number of amides is 2. The molecular weight excluding hydrogens is 326 g/mol. The van der Waals surface area contributed by atoms with Gasteiger partial charge in [-0.1, -0.05) is 0 Å². The lowest BCUT2D eigenvalue weighted by Gasteiger charge is -2.37. The van der Waals surface area contributed by atoms with E-state index in [2.05, 4.69) is 5.32 Å². The first-order valence-electron chi connectivity index (χ1n) is 7.05. The van der Waals surface area contributed by atoms with Crippen molar-refractivity contribution in [2.45, 2.75) is 36.4 Å². The molecule has 0 aliphatic carbocycles. The van der Waals surface area contributed by atoms with Crippen molar-refractivity contribution in [2.24, 2.45) is 5.73 Å². The van der Waals surface area contributed by atoms with Gasteiger partial charge in [0, 0.05) is 12.6 Å². The smallest absolute Gasteiger partial charge is 0.328 e. The van der Waals surface area contributed by atoms with E-state index in [9.17, 15) is 27.9 Å². The molecule has 0 bridgehead atoms. The SMILES string of the molecule is CC1(C)[C@H](C(=O)O)N2C(=O)/C(=C/C(=O)NCCCN)C2S1(=O)=O. The molecule has 10 heteroatoms. The van der Waals surface area contributed by atoms with Crippen LogP contribution in [0.5, 0.6) is 0 Å². The highest BCUT2D eigenvalue weighted by atomic mass is 32.2. The lowest BCUT2D eigenvalue weighted by atomic mass is 9.95. The molecule has 0 aromatic heterocycles. The van der Waals surface area contributed by atoms with Gasteiger partial charge in [0.2, 0.25) is 5.91 Å². The van der Waals surface area contributed by atoms with Gasteiger partial charge in [-0.15, -0.1) is 0 Å². The summed E-state index contributed by atoms with van der Waals surface area (Å²) in [5, 5.41) is 10.4. The van der Waals surface area contributed by atoms with Gasteiger partial charge in [0.05, 0.1) is 5.57 Å². The van der Waals surface area contributed by atoms with Crippen LogP contribution in [0.3, 0.4) is 0 Å². The van der Waals surface area contributed by atoms with Crippen molar-refractivity contribution in [3.63, 3.8) is 0 Å². The second-order valence-corrected chi connectivity index (χ2v) is 8.58. The van der Waals surface area contributed by atoms with Crippen LogP contribution in [0.4, 0.5) is 0 Å². The minimum atomic E-state index is -3.96. The zero-order valence-corrected chi connectivity index (χ0v) is 13.6. The van der Waals surface area contributed by atoms with Gasteiger partial charge in [-0.05, 0) is 26.8 Å². The van der Waals surface area contributed by atoms with E-state index in [1.54, 1.807) is 0 Å². The summed E-state index contributed by atoms with van der Waals surface area (Å²) < 4.78 is 23.5. The molecule has 2 aliphatic heterocycles. The fraction of sp³-hybridized carbons (Fsp3) is 0.615. The average molecular weight is 345 g/mol. The van der Waals surface area contributed by atoms with Crippen molar-refractivity contribution >= 4 is 27.6 Å². The van der Waals surface area contributed by atoms with Crippen molar-refractivity contribution in [3.8, 4) is 0 Å². The lowest BCUT2D eigenvalue weighted by molar-refractivity contribution is -0.152. The number of nitrogens with one attached hydrogen (secondary N) is 1. The molecule has 0 aromatic carbocycles. The standard InChI is InChI=1S/C13H19N3O6S/c1-13(2)9(12(19)20)16-10(18)7(11(16)23(13,21)22)6-8(17)15-5-3-4-14/h6,9,11H,3-5,14H2,1-2H3,(H,15,17)(H,19,20)/b7-6-/t9-,11?/m0/s1. The second-order valence-electron chi connectivity index (χ2n) is 5.99. The van der Waals surface area contributed by atoms with E-state index < -0.39 is 43.8 Å². The van der Waals surface area contributed by atoms with Crippen LogP contribution in [0.25, 0.3) is 0 Å². The number of aliphatic carboxylic acids is 1. The number of carbonyl (C=O) groups is 3. The van der Waals surface area contributed by atoms with Crippen LogP contribution >= 0.6 is 0 Å². The minimum absolute atomic E-state index is 0.202. The Morgan fingerprint density at radius 3 is 2.57 bits per heavy atom. The molecule has 2 saturated heterocycles. The molecular formula is C13H19N3O6S. The number of rotatable bonds is 5.